The topological polar surface area (TPSA) is 29.3 Å². The number of nitrogens with two attached hydrogens (primary N) is 1. The number of hydrogen-bond donors (Lipinski definition) is 1. The molecule has 0 atom stereocenters. The van der Waals surface area contributed by atoms with Gasteiger partial charge < -0.3 is 5.73 Å². The number of fused-ring (bicyclic) bond motifs is 1. The summed E-state index contributed by atoms with van der Waals surface area (Å²) in [5.74, 6) is 0. The molecule has 3 rings (SSSR count). The van der Waals surface area contributed by atoms with E-state index in [0.29, 0.717) is 0 Å². The van der Waals surface area contributed by atoms with Crippen LogP contribution in [0.25, 0.3) is 0 Å². The molecule has 0 saturated heterocycles. The molecule has 2 aromatic rings. The zero-order valence-corrected chi connectivity index (χ0v) is 11.6. The van der Waals surface area contributed by atoms with Gasteiger partial charge in [0.15, 0.2) is 0 Å². The number of hydrogen-bond acceptors (Lipinski definition) is 3. The molecule has 0 unspecified atom stereocenters. The molecule has 0 aliphatic carbocycles. The predicted molar refractivity (Wildman–Crippen MR) is 78.0 cm³/mol. The van der Waals surface area contributed by atoms with Crippen molar-refractivity contribution in [1.29, 1.82) is 0 Å². The number of rotatable bonds is 2. The maximum atomic E-state index is 6.10. The fourth-order valence-corrected chi connectivity index (χ4v) is 3.85. The first-order valence-corrected chi connectivity index (χ1v) is 7.25. The van der Waals surface area contributed by atoms with Gasteiger partial charge in [0.2, 0.25) is 0 Å². The molecule has 0 spiro atoms. The molecule has 0 amide bonds. The molecule has 1 aliphatic rings. The van der Waals surface area contributed by atoms with Crippen LogP contribution in [-0.2, 0) is 19.5 Å². The van der Waals surface area contributed by atoms with Crippen molar-refractivity contribution >= 4 is 28.6 Å². The quantitative estimate of drug-likeness (QED) is 0.910. The van der Waals surface area contributed by atoms with E-state index >= 15 is 0 Å². The first-order valence-electron chi connectivity index (χ1n) is 6.06. The third-order valence-corrected chi connectivity index (χ3v) is 4.84. The standard InChI is InChI=1S/C14H15ClN2S/c15-14-13(16)11-6-7-17(9-12(11)18-14)8-10-4-2-1-3-5-10/h1-5H,6-9,16H2. The predicted octanol–water partition coefficient (Wildman–Crippen LogP) is 3.54. The van der Waals surface area contributed by atoms with Crippen LogP contribution in [0.5, 0.6) is 0 Å². The summed E-state index contributed by atoms with van der Waals surface area (Å²) >= 11 is 7.73. The molecule has 0 saturated carbocycles. The monoisotopic (exact) mass is 278 g/mol. The van der Waals surface area contributed by atoms with Gasteiger partial charge in [0, 0.05) is 24.5 Å². The highest BCUT2D eigenvalue weighted by atomic mass is 35.5. The minimum atomic E-state index is 0.751. The van der Waals surface area contributed by atoms with Crippen LogP contribution in [-0.4, -0.2) is 11.4 Å². The minimum Gasteiger partial charge on any atom is -0.397 e. The molecule has 4 heteroatoms. The Hall–Kier alpha value is -1.03. The molecule has 1 aromatic carbocycles. The molecule has 2 heterocycles. The zero-order valence-electron chi connectivity index (χ0n) is 10.0. The second-order valence-electron chi connectivity index (χ2n) is 4.64. The highest BCUT2D eigenvalue weighted by Crippen LogP contribution is 2.38. The lowest BCUT2D eigenvalue weighted by Crippen LogP contribution is -2.29. The van der Waals surface area contributed by atoms with E-state index in [1.807, 2.05) is 0 Å². The van der Waals surface area contributed by atoms with Crippen LogP contribution in [0.2, 0.25) is 4.34 Å². The molecule has 94 valence electrons. The van der Waals surface area contributed by atoms with E-state index in [1.165, 1.54) is 16.0 Å². The molecule has 2 nitrogen and oxygen atoms in total. The van der Waals surface area contributed by atoms with Gasteiger partial charge in [-0.3, -0.25) is 4.90 Å². The average molecular weight is 279 g/mol. The lowest BCUT2D eigenvalue weighted by Gasteiger charge is -2.26. The van der Waals surface area contributed by atoms with Gasteiger partial charge in [-0.15, -0.1) is 11.3 Å². The van der Waals surface area contributed by atoms with Gasteiger partial charge in [-0.2, -0.15) is 0 Å². The van der Waals surface area contributed by atoms with Crippen molar-refractivity contribution < 1.29 is 0 Å². The molecular weight excluding hydrogens is 264 g/mol. The largest absolute Gasteiger partial charge is 0.397 e. The molecule has 18 heavy (non-hydrogen) atoms. The van der Waals surface area contributed by atoms with E-state index in [9.17, 15) is 0 Å². The fourth-order valence-electron chi connectivity index (χ4n) is 2.42. The number of nitrogens with zero attached hydrogens (tertiary/aromatic N) is 1. The second-order valence-corrected chi connectivity index (χ2v) is 6.34. The number of benzene rings is 1. The van der Waals surface area contributed by atoms with Crippen molar-refractivity contribution in [2.45, 2.75) is 19.5 Å². The van der Waals surface area contributed by atoms with E-state index < -0.39 is 0 Å². The van der Waals surface area contributed by atoms with Gasteiger partial charge in [-0.25, -0.2) is 0 Å². The van der Waals surface area contributed by atoms with Crippen LogP contribution in [0.1, 0.15) is 16.0 Å². The van der Waals surface area contributed by atoms with E-state index in [1.54, 1.807) is 11.3 Å². The number of thiophene rings is 1. The summed E-state index contributed by atoms with van der Waals surface area (Å²) in [6, 6.07) is 10.6. The summed E-state index contributed by atoms with van der Waals surface area (Å²) in [6.07, 6.45) is 1.01. The molecule has 1 aliphatic heterocycles. The van der Waals surface area contributed by atoms with Crippen LogP contribution in [0.4, 0.5) is 5.69 Å². The summed E-state index contributed by atoms with van der Waals surface area (Å²) in [6.45, 7) is 3.01. The summed E-state index contributed by atoms with van der Waals surface area (Å²) < 4.78 is 0.751. The van der Waals surface area contributed by atoms with Crippen LogP contribution >= 0.6 is 22.9 Å². The lowest BCUT2D eigenvalue weighted by atomic mass is 10.1. The van der Waals surface area contributed by atoms with Gasteiger partial charge in [0.05, 0.1) is 5.69 Å². The van der Waals surface area contributed by atoms with Gasteiger partial charge in [-0.1, -0.05) is 41.9 Å². The van der Waals surface area contributed by atoms with E-state index in [0.717, 1.165) is 36.1 Å². The lowest BCUT2D eigenvalue weighted by molar-refractivity contribution is 0.249. The average Bonchev–Trinajstić information content (AvgIpc) is 2.66. The first-order chi connectivity index (χ1) is 8.74. The van der Waals surface area contributed by atoms with E-state index in [4.69, 9.17) is 17.3 Å². The molecule has 0 bridgehead atoms. The summed E-state index contributed by atoms with van der Waals surface area (Å²) in [4.78, 5) is 3.78. The number of halogens is 1. The van der Waals surface area contributed by atoms with Gasteiger partial charge in [-0.05, 0) is 17.5 Å². The SMILES string of the molecule is Nc1c(Cl)sc2c1CCN(Cc1ccccc1)C2. The molecular formula is C14H15ClN2S. The van der Waals surface area contributed by atoms with Crippen LogP contribution in [0, 0.1) is 0 Å². The highest BCUT2D eigenvalue weighted by molar-refractivity contribution is 7.17. The van der Waals surface area contributed by atoms with Crippen molar-refractivity contribution in [3.63, 3.8) is 0 Å². The smallest absolute Gasteiger partial charge is 0.116 e. The molecule has 0 fully saturated rings. The maximum absolute atomic E-state index is 6.10. The normalized spacial score (nSPS) is 15.6. The van der Waals surface area contributed by atoms with Crippen molar-refractivity contribution in [3.8, 4) is 0 Å². The second kappa shape index (κ2) is 4.92. The maximum Gasteiger partial charge on any atom is 0.116 e. The fraction of sp³-hybridized carbons (Fsp3) is 0.286. The third-order valence-electron chi connectivity index (χ3n) is 3.38. The summed E-state index contributed by atoms with van der Waals surface area (Å²) in [5, 5.41) is 0. The Morgan fingerprint density at radius 1 is 1.28 bits per heavy atom. The van der Waals surface area contributed by atoms with Crippen molar-refractivity contribution in [2.75, 3.05) is 12.3 Å². The Morgan fingerprint density at radius 3 is 2.83 bits per heavy atom. The van der Waals surface area contributed by atoms with Crippen molar-refractivity contribution in [1.82, 2.24) is 4.90 Å². The zero-order chi connectivity index (χ0) is 12.5. The van der Waals surface area contributed by atoms with E-state index in [-0.39, 0.29) is 0 Å². The van der Waals surface area contributed by atoms with Gasteiger partial charge >= 0.3 is 0 Å². The van der Waals surface area contributed by atoms with Crippen molar-refractivity contribution in [2.24, 2.45) is 0 Å². The number of nitrogen functional groups attached to an aromatic ring is 1. The Labute approximate surface area is 116 Å². The Morgan fingerprint density at radius 2 is 2.06 bits per heavy atom. The molecule has 2 N–H and O–H groups in total. The Kier molecular flexibility index (Phi) is 3.29. The first kappa shape index (κ1) is 12.0. The molecule has 0 radical (unpaired) electrons. The van der Waals surface area contributed by atoms with Crippen LogP contribution in [0.15, 0.2) is 30.3 Å². The number of anilines is 1. The Balaban J connectivity index is 1.75. The van der Waals surface area contributed by atoms with Crippen LogP contribution < -0.4 is 5.73 Å². The molecule has 1 aromatic heterocycles. The summed E-state index contributed by atoms with van der Waals surface area (Å²) in [5.41, 5.74) is 9.41. The van der Waals surface area contributed by atoms with Gasteiger partial charge in [0.1, 0.15) is 4.34 Å². The van der Waals surface area contributed by atoms with Crippen LogP contribution in [0.3, 0.4) is 0 Å². The third kappa shape index (κ3) is 2.26. The summed E-state index contributed by atoms with van der Waals surface area (Å²) in [7, 11) is 0. The minimum absolute atomic E-state index is 0.751. The highest BCUT2D eigenvalue weighted by Gasteiger charge is 2.22. The van der Waals surface area contributed by atoms with E-state index in [2.05, 4.69) is 35.2 Å². The van der Waals surface area contributed by atoms with Gasteiger partial charge in [0.25, 0.3) is 0 Å². The Bertz CT molecular complexity index is 550. The van der Waals surface area contributed by atoms with Crippen molar-refractivity contribution in [3.05, 3.63) is 50.7 Å².